The highest BCUT2D eigenvalue weighted by atomic mass is 32.2. The lowest BCUT2D eigenvalue weighted by atomic mass is 10.2. The van der Waals surface area contributed by atoms with Crippen molar-refractivity contribution < 1.29 is 17.2 Å². The van der Waals surface area contributed by atoms with Gasteiger partial charge in [0.05, 0.1) is 0 Å². The molecule has 0 radical (unpaired) electrons. The van der Waals surface area contributed by atoms with E-state index < -0.39 is 38.7 Å². The van der Waals surface area contributed by atoms with Crippen LogP contribution in [-0.2, 0) is 16.6 Å². The van der Waals surface area contributed by atoms with Gasteiger partial charge in [-0.2, -0.15) is 0 Å². The van der Waals surface area contributed by atoms with E-state index in [1.54, 1.807) is 12.1 Å². The zero-order valence-electron chi connectivity index (χ0n) is 10.2. The first kappa shape index (κ1) is 14.4. The quantitative estimate of drug-likeness (QED) is 0.898. The van der Waals surface area contributed by atoms with Gasteiger partial charge in [0.1, 0.15) is 16.5 Å². The summed E-state index contributed by atoms with van der Waals surface area (Å²) in [5, 5.41) is 0. The van der Waals surface area contributed by atoms with Crippen LogP contribution in [0, 0.1) is 11.6 Å². The van der Waals surface area contributed by atoms with Crippen LogP contribution in [0.4, 0.5) is 14.6 Å². The van der Waals surface area contributed by atoms with E-state index in [0.717, 1.165) is 12.1 Å². The molecule has 0 aliphatic rings. The Morgan fingerprint density at radius 1 is 1.20 bits per heavy atom. The standard InChI is InChI=1S/C12H11F2N3O2S/c13-9-4-5-10(12(14)8(9)7-15)20(18,19)17-11-3-1-2-6-16-11/h1-6H,7,15H2,(H,16,17). The summed E-state index contributed by atoms with van der Waals surface area (Å²) in [6.45, 7) is -0.440. The van der Waals surface area contributed by atoms with Crippen molar-refractivity contribution in [2.45, 2.75) is 11.4 Å². The Morgan fingerprint density at radius 3 is 2.55 bits per heavy atom. The number of benzene rings is 1. The zero-order chi connectivity index (χ0) is 14.8. The topological polar surface area (TPSA) is 85.1 Å². The zero-order valence-corrected chi connectivity index (χ0v) is 11.0. The van der Waals surface area contributed by atoms with Crippen LogP contribution >= 0.6 is 0 Å². The molecule has 0 fully saturated rings. The Hall–Kier alpha value is -2.06. The SMILES string of the molecule is NCc1c(F)ccc(S(=O)(=O)Nc2ccccn2)c1F. The van der Waals surface area contributed by atoms with Crippen molar-refractivity contribution in [3.63, 3.8) is 0 Å². The number of halogens is 2. The number of hydrogen-bond acceptors (Lipinski definition) is 4. The van der Waals surface area contributed by atoms with Gasteiger partial charge in [0.2, 0.25) is 0 Å². The lowest BCUT2D eigenvalue weighted by Gasteiger charge is -2.10. The average molecular weight is 299 g/mol. The minimum Gasteiger partial charge on any atom is -0.326 e. The Kier molecular flexibility index (Phi) is 3.96. The molecule has 5 nitrogen and oxygen atoms in total. The second-order valence-corrected chi connectivity index (χ2v) is 5.51. The lowest BCUT2D eigenvalue weighted by molar-refractivity contribution is 0.530. The van der Waals surface area contributed by atoms with Crippen LogP contribution in [0.3, 0.4) is 0 Å². The van der Waals surface area contributed by atoms with Gasteiger partial charge in [-0.3, -0.25) is 4.72 Å². The van der Waals surface area contributed by atoms with Crippen LogP contribution in [0.2, 0.25) is 0 Å². The van der Waals surface area contributed by atoms with Gasteiger partial charge in [0, 0.05) is 18.3 Å². The third-order valence-corrected chi connectivity index (χ3v) is 3.92. The highest BCUT2D eigenvalue weighted by molar-refractivity contribution is 7.92. The minimum atomic E-state index is -4.20. The van der Waals surface area contributed by atoms with E-state index in [1.165, 1.54) is 12.3 Å². The van der Waals surface area contributed by atoms with Crippen LogP contribution in [0.1, 0.15) is 5.56 Å². The monoisotopic (exact) mass is 299 g/mol. The maximum atomic E-state index is 14.0. The van der Waals surface area contributed by atoms with E-state index in [4.69, 9.17) is 5.73 Å². The fourth-order valence-electron chi connectivity index (χ4n) is 1.59. The molecule has 0 saturated carbocycles. The lowest BCUT2D eigenvalue weighted by Crippen LogP contribution is -2.17. The molecule has 1 heterocycles. The molecular formula is C12H11F2N3O2S. The molecule has 0 aliphatic carbocycles. The first-order valence-electron chi connectivity index (χ1n) is 5.56. The number of nitrogens with two attached hydrogens (primary N) is 1. The first-order chi connectivity index (χ1) is 9.45. The van der Waals surface area contributed by atoms with Gasteiger partial charge < -0.3 is 5.73 Å². The van der Waals surface area contributed by atoms with E-state index in [0.29, 0.717) is 0 Å². The number of aromatic nitrogens is 1. The Balaban J connectivity index is 2.45. The molecule has 1 aromatic heterocycles. The highest BCUT2D eigenvalue weighted by Crippen LogP contribution is 2.22. The van der Waals surface area contributed by atoms with Crippen molar-refractivity contribution >= 4 is 15.8 Å². The van der Waals surface area contributed by atoms with Crippen molar-refractivity contribution in [3.05, 3.63) is 53.7 Å². The molecule has 0 saturated heterocycles. The van der Waals surface area contributed by atoms with Crippen LogP contribution < -0.4 is 10.5 Å². The number of nitrogens with one attached hydrogen (secondary N) is 1. The molecule has 2 aromatic rings. The second-order valence-electron chi connectivity index (χ2n) is 3.86. The number of anilines is 1. The molecule has 8 heteroatoms. The molecule has 0 unspecified atom stereocenters. The fourth-order valence-corrected chi connectivity index (χ4v) is 2.70. The van der Waals surface area contributed by atoms with Crippen LogP contribution in [0.15, 0.2) is 41.4 Å². The molecule has 0 atom stereocenters. The van der Waals surface area contributed by atoms with E-state index in [2.05, 4.69) is 9.71 Å². The van der Waals surface area contributed by atoms with E-state index >= 15 is 0 Å². The van der Waals surface area contributed by atoms with Gasteiger partial charge in [-0.25, -0.2) is 22.2 Å². The first-order valence-corrected chi connectivity index (χ1v) is 7.05. The predicted molar refractivity (Wildman–Crippen MR) is 69.3 cm³/mol. The van der Waals surface area contributed by atoms with Gasteiger partial charge in [0.15, 0.2) is 5.82 Å². The van der Waals surface area contributed by atoms with Gasteiger partial charge in [-0.15, -0.1) is 0 Å². The second kappa shape index (κ2) is 5.51. The molecule has 0 amide bonds. The smallest absolute Gasteiger partial charge is 0.265 e. The summed E-state index contributed by atoms with van der Waals surface area (Å²) in [5.41, 5.74) is 4.73. The Labute approximate surface area is 114 Å². The average Bonchev–Trinajstić information content (AvgIpc) is 2.39. The predicted octanol–water partition coefficient (Wildman–Crippen LogP) is 1.62. The van der Waals surface area contributed by atoms with Crippen molar-refractivity contribution in [2.75, 3.05) is 4.72 Å². The largest absolute Gasteiger partial charge is 0.326 e. The summed E-state index contributed by atoms with van der Waals surface area (Å²) in [5.74, 6) is -2.05. The number of nitrogens with zero attached hydrogens (tertiary/aromatic N) is 1. The van der Waals surface area contributed by atoms with Gasteiger partial charge in [-0.05, 0) is 24.3 Å². The normalized spacial score (nSPS) is 11.3. The third kappa shape index (κ3) is 2.75. The summed E-state index contributed by atoms with van der Waals surface area (Å²) in [6, 6.07) is 6.27. The molecular weight excluding hydrogens is 288 g/mol. The Morgan fingerprint density at radius 2 is 1.95 bits per heavy atom. The maximum absolute atomic E-state index is 14.0. The summed E-state index contributed by atoms with van der Waals surface area (Å²) in [6.07, 6.45) is 1.38. The molecule has 106 valence electrons. The summed E-state index contributed by atoms with van der Waals surface area (Å²) < 4.78 is 53.5. The van der Waals surface area contributed by atoms with E-state index in [1.807, 2.05) is 0 Å². The molecule has 20 heavy (non-hydrogen) atoms. The van der Waals surface area contributed by atoms with Gasteiger partial charge >= 0.3 is 0 Å². The summed E-state index contributed by atoms with van der Waals surface area (Å²) in [7, 11) is -4.20. The third-order valence-electron chi connectivity index (χ3n) is 2.55. The minimum absolute atomic E-state index is 0.0329. The van der Waals surface area contributed by atoms with Crippen molar-refractivity contribution in [3.8, 4) is 0 Å². The van der Waals surface area contributed by atoms with Gasteiger partial charge in [0.25, 0.3) is 10.0 Å². The number of rotatable bonds is 4. The Bertz CT molecular complexity index is 721. The van der Waals surface area contributed by atoms with E-state index in [-0.39, 0.29) is 5.82 Å². The molecule has 1 aromatic carbocycles. The highest BCUT2D eigenvalue weighted by Gasteiger charge is 2.23. The number of hydrogen-bond donors (Lipinski definition) is 2. The van der Waals surface area contributed by atoms with Crippen LogP contribution in [0.5, 0.6) is 0 Å². The van der Waals surface area contributed by atoms with Gasteiger partial charge in [-0.1, -0.05) is 6.07 Å². The van der Waals surface area contributed by atoms with Crippen molar-refractivity contribution in [2.24, 2.45) is 5.73 Å². The van der Waals surface area contributed by atoms with Crippen molar-refractivity contribution in [1.82, 2.24) is 4.98 Å². The summed E-state index contributed by atoms with van der Waals surface area (Å²) >= 11 is 0. The summed E-state index contributed by atoms with van der Waals surface area (Å²) in [4.78, 5) is 3.09. The molecule has 0 bridgehead atoms. The number of pyridine rings is 1. The van der Waals surface area contributed by atoms with E-state index in [9.17, 15) is 17.2 Å². The molecule has 2 rings (SSSR count). The fraction of sp³-hybridized carbons (Fsp3) is 0.0833. The van der Waals surface area contributed by atoms with Crippen LogP contribution in [-0.4, -0.2) is 13.4 Å². The molecule has 0 spiro atoms. The molecule has 0 aliphatic heterocycles. The number of sulfonamides is 1. The van der Waals surface area contributed by atoms with Crippen LogP contribution in [0.25, 0.3) is 0 Å². The van der Waals surface area contributed by atoms with Crippen molar-refractivity contribution in [1.29, 1.82) is 0 Å². The maximum Gasteiger partial charge on any atom is 0.265 e. The molecule has 3 N–H and O–H groups in total.